The van der Waals surface area contributed by atoms with E-state index in [1.807, 2.05) is 25.1 Å². The van der Waals surface area contributed by atoms with Crippen molar-refractivity contribution in [1.29, 1.82) is 0 Å². The lowest BCUT2D eigenvalue weighted by Crippen LogP contribution is -2.31. The van der Waals surface area contributed by atoms with Crippen molar-refractivity contribution in [3.05, 3.63) is 29.3 Å². The Morgan fingerprint density at radius 1 is 1.44 bits per heavy atom. The third kappa shape index (κ3) is 2.64. The Balaban J connectivity index is 2.06. The molecule has 0 heterocycles. The van der Waals surface area contributed by atoms with E-state index in [2.05, 4.69) is 17.7 Å². The summed E-state index contributed by atoms with van der Waals surface area (Å²) in [6.45, 7) is 4.91. The molecule has 1 aromatic rings. The number of benzene rings is 1. The predicted octanol–water partition coefficient (Wildman–Crippen LogP) is 2.20. The number of aryl methyl sites for hydroxylation is 1. The van der Waals surface area contributed by atoms with Crippen LogP contribution in [-0.2, 0) is 0 Å². The first-order valence-corrected chi connectivity index (χ1v) is 6.46. The van der Waals surface area contributed by atoms with Crippen molar-refractivity contribution in [2.75, 3.05) is 12.0 Å². The Bertz CT molecular complexity index is 452. The molecule has 4 N–H and O–H groups in total. The van der Waals surface area contributed by atoms with Crippen LogP contribution in [0.3, 0.4) is 0 Å². The fourth-order valence-electron chi connectivity index (χ4n) is 2.17. The monoisotopic (exact) mass is 247 g/mol. The van der Waals surface area contributed by atoms with E-state index in [9.17, 15) is 4.79 Å². The van der Waals surface area contributed by atoms with Gasteiger partial charge in [-0.2, -0.15) is 0 Å². The Morgan fingerprint density at radius 3 is 2.72 bits per heavy atom. The van der Waals surface area contributed by atoms with Gasteiger partial charge < -0.3 is 10.7 Å². The van der Waals surface area contributed by atoms with Gasteiger partial charge in [-0.3, -0.25) is 10.6 Å². The third-order valence-corrected chi connectivity index (χ3v) is 3.91. The average molecular weight is 247 g/mol. The molecule has 0 saturated heterocycles. The summed E-state index contributed by atoms with van der Waals surface area (Å²) >= 11 is 0. The molecule has 0 atom stereocenters. The first-order chi connectivity index (χ1) is 8.60. The zero-order valence-electron chi connectivity index (χ0n) is 11.0. The number of nitrogen functional groups attached to an aromatic ring is 1. The Morgan fingerprint density at radius 2 is 2.17 bits per heavy atom. The molecule has 4 nitrogen and oxygen atoms in total. The standard InChI is InChI=1S/C14H21N3O/c1-3-14(6-7-14)9-16-13(18)11-8-10(2)4-5-12(11)17-15/h4-5,8,17H,3,6-7,9,15H2,1-2H3,(H,16,18). The highest BCUT2D eigenvalue weighted by atomic mass is 16.1. The molecular formula is C14H21N3O. The molecule has 18 heavy (non-hydrogen) atoms. The van der Waals surface area contributed by atoms with E-state index in [4.69, 9.17) is 5.84 Å². The van der Waals surface area contributed by atoms with Crippen LogP contribution < -0.4 is 16.6 Å². The van der Waals surface area contributed by atoms with E-state index in [0.29, 0.717) is 16.7 Å². The number of hydrazine groups is 1. The number of nitrogens with one attached hydrogen (secondary N) is 2. The van der Waals surface area contributed by atoms with Crippen LogP contribution in [0.4, 0.5) is 5.69 Å². The molecule has 1 aromatic carbocycles. The van der Waals surface area contributed by atoms with Crippen LogP contribution in [0, 0.1) is 12.3 Å². The minimum absolute atomic E-state index is 0.0497. The normalized spacial score (nSPS) is 16.2. The molecule has 0 bridgehead atoms. The lowest BCUT2D eigenvalue weighted by Gasteiger charge is -2.15. The third-order valence-electron chi connectivity index (χ3n) is 3.91. The zero-order chi connectivity index (χ0) is 13.2. The van der Waals surface area contributed by atoms with Crippen LogP contribution in [0.15, 0.2) is 18.2 Å². The van der Waals surface area contributed by atoms with Gasteiger partial charge in [0.25, 0.3) is 5.91 Å². The summed E-state index contributed by atoms with van der Waals surface area (Å²) in [7, 11) is 0. The van der Waals surface area contributed by atoms with E-state index >= 15 is 0 Å². The van der Waals surface area contributed by atoms with Crippen LogP contribution in [0.5, 0.6) is 0 Å². The minimum Gasteiger partial charge on any atom is -0.351 e. The average Bonchev–Trinajstić information content (AvgIpc) is 3.16. The number of carbonyl (C=O) groups excluding carboxylic acids is 1. The molecule has 1 amide bonds. The van der Waals surface area contributed by atoms with E-state index in [1.54, 1.807) is 0 Å². The quantitative estimate of drug-likeness (QED) is 0.552. The SMILES string of the molecule is CCC1(CNC(=O)c2cc(C)ccc2NN)CC1. The maximum atomic E-state index is 12.2. The van der Waals surface area contributed by atoms with Gasteiger partial charge in [0.1, 0.15) is 0 Å². The molecule has 98 valence electrons. The smallest absolute Gasteiger partial charge is 0.253 e. The van der Waals surface area contributed by atoms with Crippen molar-refractivity contribution in [2.45, 2.75) is 33.1 Å². The highest BCUT2D eigenvalue weighted by Gasteiger charge is 2.40. The van der Waals surface area contributed by atoms with Crippen molar-refractivity contribution in [3.8, 4) is 0 Å². The summed E-state index contributed by atoms with van der Waals surface area (Å²) in [6, 6.07) is 5.62. The fraction of sp³-hybridized carbons (Fsp3) is 0.500. The van der Waals surface area contributed by atoms with Gasteiger partial charge in [-0.05, 0) is 43.7 Å². The lowest BCUT2D eigenvalue weighted by atomic mass is 10.0. The Hall–Kier alpha value is -1.55. The van der Waals surface area contributed by atoms with Crippen LogP contribution in [-0.4, -0.2) is 12.5 Å². The molecule has 1 aliphatic rings. The van der Waals surface area contributed by atoms with Crippen molar-refractivity contribution in [3.63, 3.8) is 0 Å². The summed E-state index contributed by atoms with van der Waals surface area (Å²) in [5.74, 6) is 5.38. The first kappa shape index (κ1) is 12.9. The second-order valence-electron chi connectivity index (χ2n) is 5.23. The topological polar surface area (TPSA) is 67.2 Å². The predicted molar refractivity (Wildman–Crippen MR) is 73.3 cm³/mol. The maximum absolute atomic E-state index is 12.2. The fourth-order valence-corrected chi connectivity index (χ4v) is 2.17. The van der Waals surface area contributed by atoms with Gasteiger partial charge in [0.15, 0.2) is 0 Å². The molecule has 2 rings (SSSR count). The zero-order valence-corrected chi connectivity index (χ0v) is 11.0. The summed E-state index contributed by atoms with van der Waals surface area (Å²) in [6.07, 6.45) is 3.57. The number of rotatable bonds is 5. The molecular weight excluding hydrogens is 226 g/mol. The van der Waals surface area contributed by atoms with Crippen molar-refractivity contribution in [2.24, 2.45) is 11.3 Å². The summed E-state index contributed by atoms with van der Waals surface area (Å²) in [4.78, 5) is 12.2. The lowest BCUT2D eigenvalue weighted by molar-refractivity contribution is 0.0945. The van der Waals surface area contributed by atoms with Crippen molar-refractivity contribution in [1.82, 2.24) is 5.32 Å². The second-order valence-corrected chi connectivity index (χ2v) is 5.23. The number of carbonyl (C=O) groups is 1. The molecule has 0 radical (unpaired) electrons. The van der Waals surface area contributed by atoms with Gasteiger partial charge in [0, 0.05) is 6.54 Å². The molecule has 0 aliphatic heterocycles. The summed E-state index contributed by atoms with van der Waals surface area (Å²) in [5.41, 5.74) is 5.26. The van der Waals surface area contributed by atoms with Gasteiger partial charge in [0.2, 0.25) is 0 Å². The molecule has 0 unspecified atom stereocenters. The van der Waals surface area contributed by atoms with E-state index in [-0.39, 0.29) is 5.91 Å². The highest BCUT2D eigenvalue weighted by Crippen LogP contribution is 2.47. The number of hydrogen-bond acceptors (Lipinski definition) is 3. The highest BCUT2D eigenvalue weighted by molar-refractivity contribution is 5.99. The van der Waals surface area contributed by atoms with Gasteiger partial charge in [-0.15, -0.1) is 0 Å². The molecule has 1 fully saturated rings. The molecule has 1 aliphatic carbocycles. The maximum Gasteiger partial charge on any atom is 0.253 e. The number of nitrogens with two attached hydrogens (primary N) is 1. The largest absolute Gasteiger partial charge is 0.351 e. The van der Waals surface area contributed by atoms with E-state index in [0.717, 1.165) is 18.5 Å². The van der Waals surface area contributed by atoms with Gasteiger partial charge in [-0.1, -0.05) is 18.6 Å². The first-order valence-electron chi connectivity index (χ1n) is 6.46. The van der Waals surface area contributed by atoms with Crippen molar-refractivity contribution >= 4 is 11.6 Å². The van der Waals surface area contributed by atoms with Crippen LogP contribution in [0.1, 0.15) is 42.1 Å². The van der Waals surface area contributed by atoms with Gasteiger partial charge in [0.05, 0.1) is 11.3 Å². The minimum atomic E-state index is -0.0497. The molecule has 0 aromatic heterocycles. The van der Waals surface area contributed by atoms with Crippen LogP contribution >= 0.6 is 0 Å². The van der Waals surface area contributed by atoms with E-state index < -0.39 is 0 Å². The van der Waals surface area contributed by atoms with Gasteiger partial charge in [-0.25, -0.2) is 0 Å². The van der Waals surface area contributed by atoms with Crippen LogP contribution in [0.25, 0.3) is 0 Å². The molecule has 4 heteroatoms. The van der Waals surface area contributed by atoms with Crippen molar-refractivity contribution < 1.29 is 4.79 Å². The van der Waals surface area contributed by atoms with E-state index in [1.165, 1.54) is 12.8 Å². The Labute approximate surface area is 108 Å². The van der Waals surface area contributed by atoms with Gasteiger partial charge >= 0.3 is 0 Å². The molecule has 0 spiro atoms. The number of hydrogen-bond donors (Lipinski definition) is 3. The Kier molecular flexibility index (Phi) is 3.57. The number of anilines is 1. The van der Waals surface area contributed by atoms with Crippen LogP contribution in [0.2, 0.25) is 0 Å². The summed E-state index contributed by atoms with van der Waals surface area (Å²) < 4.78 is 0. The second kappa shape index (κ2) is 4.98. The number of amides is 1. The molecule has 1 saturated carbocycles. The summed E-state index contributed by atoms with van der Waals surface area (Å²) in [5, 5.41) is 3.02.